The quantitative estimate of drug-likeness (QED) is 0.784. The lowest BCUT2D eigenvalue weighted by Gasteiger charge is -1.95. The van der Waals surface area contributed by atoms with Gasteiger partial charge >= 0.3 is 0 Å². The van der Waals surface area contributed by atoms with Crippen molar-refractivity contribution in [2.24, 2.45) is 7.05 Å². The van der Waals surface area contributed by atoms with Crippen LogP contribution >= 0.6 is 27.3 Å². The summed E-state index contributed by atoms with van der Waals surface area (Å²) in [5.74, 6) is -0.0480. The summed E-state index contributed by atoms with van der Waals surface area (Å²) in [4.78, 5) is 12.5. The van der Waals surface area contributed by atoms with Gasteiger partial charge in [0.15, 0.2) is 0 Å². The van der Waals surface area contributed by atoms with E-state index in [-0.39, 0.29) is 5.78 Å². The summed E-state index contributed by atoms with van der Waals surface area (Å²) in [7, 11) is 1.70. The highest BCUT2D eigenvalue weighted by molar-refractivity contribution is 9.11. The molecule has 4 nitrogen and oxygen atoms in total. The zero-order chi connectivity index (χ0) is 10.1. The second-order valence-electron chi connectivity index (χ2n) is 2.68. The lowest BCUT2D eigenvalue weighted by Crippen LogP contribution is -2.06. The first-order valence-electron chi connectivity index (χ1n) is 3.83. The Hall–Kier alpha value is -1.01. The van der Waals surface area contributed by atoms with Crippen LogP contribution in [0.15, 0.2) is 22.1 Å². The van der Waals surface area contributed by atoms with Crippen molar-refractivity contribution in [1.82, 2.24) is 15.0 Å². The lowest BCUT2D eigenvalue weighted by atomic mass is 10.2. The van der Waals surface area contributed by atoms with Gasteiger partial charge in [0, 0.05) is 7.05 Å². The number of carbonyl (C=O) groups is 1. The van der Waals surface area contributed by atoms with Crippen molar-refractivity contribution in [2.45, 2.75) is 0 Å². The third kappa shape index (κ3) is 1.62. The molecule has 0 N–H and O–H groups in total. The summed E-state index contributed by atoms with van der Waals surface area (Å²) in [5.41, 5.74) is 0.499. The van der Waals surface area contributed by atoms with Crippen LogP contribution in [0.3, 0.4) is 0 Å². The van der Waals surface area contributed by atoms with Crippen LogP contribution in [0.25, 0.3) is 0 Å². The van der Waals surface area contributed by atoms with Crippen LogP contribution in [-0.4, -0.2) is 20.8 Å². The highest BCUT2D eigenvalue weighted by Gasteiger charge is 2.15. The molecule has 0 aromatic carbocycles. The molecule has 2 aromatic rings. The van der Waals surface area contributed by atoms with Gasteiger partial charge in [-0.2, -0.15) is 0 Å². The first-order valence-corrected chi connectivity index (χ1v) is 5.44. The summed E-state index contributed by atoms with van der Waals surface area (Å²) in [6, 6.07) is 3.63. The van der Waals surface area contributed by atoms with Crippen molar-refractivity contribution < 1.29 is 4.79 Å². The average molecular weight is 272 g/mol. The number of hydrogen-bond donors (Lipinski definition) is 0. The third-order valence-electron chi connectivity index (χ3n) is 1.74. The van der Waals surface area contributed by atoms with Gasteiger partial charge in [-0.25, -0.2) is 4.68 Å². The Kier molecular flexibility index (Phi) is 2.47. The van der Waals surface area contributed by atoms with E-state index in [1.54, 1.807) is 13.1 Å². The van der Waals surface area contributed by atoms with Crippen LogP contribution in [0.5, 0.6) is 0 Å². The van der Waals surface area contributed by atoms with Gasteiger partial charge in [-0.05, 0) is 28.1 Å². The molecule has 0 bridgehead atoms. The molecular weight excluding hydrogens is 266 g/mol. The van der Waals surface area contributed by atoms with Gasteiger partial charge < -0.3 is 0 Å². The minimum absolute atomic E-state index is 0.0480. The highest BCUT2D eigenvalue weighted by atomic mass is 79.9. The van der Waals surface area contributed by atoms with Gasteiger partial charge in [-0.15, -0.1) is 16.4 Å². The summed E-state index contributed by atoms with van der Waals surface area (Å²) >= 11 is 4.71. The minimum Gasteiger partial charge on any atom is -0.286 e. The number of thiophene rings is 1. The number of hydrogen-bond acceptors (Lipinski definition) is 4. The molecule has 72 valence electrons. The molecule has 0 radical (unpaired) electrons. The third-order valence-corrected chi connectivity index (χ3v) is 3.37. The average Bonchev–Trinajstić information content (AvgIpc) is 2.73. The van der Waals surface area contributed by atoms with E-state index >= 15 is 0 Å². The van der Waals surface area contributed by atoms with Gasteiger partial charge in [0.1, 0.15) is 5.69 Å². The zero-order valence-electron chi connectivity index (χ0n) is 7.27. The molecule has 6 heteroatoms. The maximum absolute atomic E-state index is 11.8. The molecule has 0 amide bonds. The monoisotopic (exact) mass is 271 g/mol. The molecule has 0 aliphatic carbocycles. The minimum atomic E-state index is -0.0480. The largest absolute Gasteiger partial charge is 0.286 e. The van der Waals surface area contributed by atoms with E-state index in [9.17, 15) is 4.79 Å². The van der Waals surface area contributed by atoms with Crippen molar-refractivity contribution in [3.8, 4) is 0 Å². The van der Waals surface area contributed by atoms with Gasteiger partial charge in [-0.3, -0.25) is 4.79 Å². The van der Waals surface area contributed by atoms with Crippen LogP contribution in [-0.2, 0) is 7.05 Å². The predicted octanol–water partition coefficient (Wildman–Crippen LogP) is 1.87. The molecular formula is C8H6BrN3OS. The Morgan fingerprint density at radius 2 is 2.36 bits per heavy atom. The Bertz CT molecular complexity index is 476. The molecule has 0 saturated carbocycles. The van der Waals surface area contributed by atoms with E-state index in [0.29, 0.717) is 10.6 Å². The van der Waals surface area contributed by atoms with E-state index in [1.165, 1.54) is 22.2 Å². The summed E-state index contributed by atoms with van der Waals surface area (Å²) in [6.07, 6.45) is 1.47. The first kappa shape index (κ1) is 9.54. The number of aromatic nitrogens is 3. The topological polar surface area (TPSA) is 47.8 Å². The number of rotatable bonds is 2. The second-order valence-corrected chi connectivity index (χ2v) is 5.14. The van der Waals surface area contributed by atoms with Crippen LogP contribution in [0.4, 0.5) is 0 Å². The predicted molar refractivity (Wildman–Crippen MR) is 56.5 cm³/mol. The molecule has 2 heterocycles. The smallest absolute Gasteiger partial charge is 0.222 e. The van der Waals surface area contributed by atoms with E-state index in [0.717, 1.165) is 3.79 Å². The molecule has 0 saturated heterocycles. The normalized spacial score (nSPS) is 10.4. The molecule has 14 heavy (non-hydrogen) atoms. The summed E-state index contributed by atoms with van der Waals surface area (Å²) in [5, 5.41) is 7.37. The maximum atomic E-state index is 11.8. The number of nitrogens with zero attached hydrogens (tertiary/aromatic N) is 3. The van der Waals surface area contributed by atoms with Crippen molar-refractivity contribution in [3.05, 3.63) is 32.7 Å². The fourth-order valence-electron chi connectivity index (χ4n) is 1.06. The lowest BCUT2D eigenvalue weighted by molar-refractivity contribution is 0.103. The molecule has 0 fully saturated rings. The Balaban J connectivity index is 2.38. The fraction of sp³-hybridized carbons (Fsp3) is 0.125. The zero-order valence-corrected chi connectivity index (χ0v) is 9.67. The van der Waals surface area contributed by atoms with E-state index in [4.69, 9.17) is 0 Å². The standard InChI is InChI=1S/C8H6BrN3OS/c1-12-5(4-10-11-12)8(13)6-2-3-7(9)14-6/h2-4H,1H3. The Morgan fingerprint density at radius 1 is 1.57 bits per heavy atom. The van der Waals surface area contributed by atoms with Gasteiger partial charge in [0.25, 0.3) is 0 Å². The van der Waals surface area contributed by atoms with Crippen LogP contribution in [0.1, 0.15) is 15.4 Å². The van der Waals surface area contributed by atoms with Crippen LogP contribution in [0, 0.1) is 0 Å². The molecule has 0 aliphatic heterocycles. The molecule has 0 unspecified atom stereocenters. The van der Waals surface area contributed by atoms with Crippen LogP contribution in [0.2, 0.25) is 0 Å². The summed E-state index contributed by atoms with van der Waals surface area (Å²) in [6.45, 7) is 0. The fourth-order valence-corrected chi connectivity index (χ4v) is 2.39. The Labute approximate surface area is 92.7 Å². The number of halogens is 1. The van der Waals surface area contributed by atoms with E-state index < -0.39 is 0 Å². The van der Waals surface area contributed by atoms with Gasteiger partial charge in [0.05, 0.1) is 14.9 Å². The molecule has 0 aliphatic rings. The molecule has 0 atom stereocenters. The number of ketones is 1. The van der Waals surface area contributed by atoms with E-state index in [1.807, 2.05) is 6.07 Å². The Morgan fingerprint density at radius 3 is 2.86 bits per heavy atom. The SMILES string of the molecule is Cn1nncc1C(=O)c1ccc(Br)s1. The van der Waals surface area contributed by atoms with Crippen molar-refractivity contribution in [2.75, 3.05) is 0 Å². The van der Waals surface area contributed by atoms with Crippen molar-refractivity contribution >= 4 is 33.0 Å². The first-order chi connectivity index (χ1) is 6.68. The van der Waals surface area contributed by atoms with Gasteiger partial charge in [0.2, 0.25) is 5.78 Å². The maximum Gasteiger partial charge on any atom is 0.222 e. The summed E-state index contributed by atoms with van der Waals surface area (Å²) < 4.78 is 2.41. The highest BCUT2D eigenvalue weighted by Crippen LogP contribution is 2.23. The van der Waals surface area contributed by atoms with Crippen molar-refractivity contribution in [3.63, 3.8) is 0 Å². The number of aryl methyl sites for hydroxylation is 1. The molecule has 2 aromatic heterocycles. The molecule has 0 spiro atoms. The van der Waals surface area contributed by atoms with E-state index in [2.05, 4.69) is 26.2 Å². The van der Waals surface area contributed by atoms with Crippen molar-refractivity contribution in [1.29, 1.82) is 0 Å². The molecule has 2 rings (SSSR count). The second kappa shape index (κ2) is 3.62. The number of carbonyl (C=O) groups excluding carboxylic acids is 1. The van der Waals surface area contributed by atoms with Crippen LogP contribution < -0.4 is 0 Å². The van der Waals surface area contributed by atoms with Gasteiger partial charge in [-0.1, -0.05) is 5.21 Å².